The molecule has 2 aliphatic rings. The van der Waals surface area contributed by atoms with E-state index in [0.717, 1.165) is 36.2 Å². The van der Waals surface area contributed by atoms with Crippen molar-refractivity contribution in [1.82, 2.24) is 15.2 Å². The van der Waals surface area contributed by atoms with Gasteiger partial charge in [0.2, 0.25) is 0 Å². The number of hydrogen-bond donors (Lipinski definition) is 2. The Bertz CT molecular complexity index is 716. The van der Waals surface area contributed by atoms with E-state index in [0.29, 0.717) is 12.2 Å². The van der Waals surface area contributed by atoms with Crippen LogP contribution in [-0.4, -0.2) is 48.1 Å². The smallest absolute Gasteiger partial charge is 0.317 e. The number of amides is 2. The number of carbonyl (C=O) groups excluding carboxylic acids is 1. The summed E-state index contributed by atoms with van der Waals surface area (Å²) in [6.07, 6.45) is 1.72. The molecule has 3 N–H and O–H groups in total. The van der Waals surface area contributed by atoms with Gasteiger partial charge in [-0.1, -0.05) is 18.2 Å². The first-order chi connectivity index (χ1) is 10.2. The predicted molar refractivity (Wildman–Crippen MR) is 82.3 cm³/mol. The monoisotopic (exact) mass is 283 g/mol. The molecule has 1 aromatic heterocycles. The number of rotatable bonds is 1. The molecule has 1 aromatic carbocycles. The minimum Gasteiger partial charge on any atom is -0.396 e. The van der Waals surface area contributed by atoms with Crippen LogP contribution in [-0.2, 0) is 0 Å². The molecule has 3 heterocycles. The first-order valence-corrected chi connectivity index (χ1v) is 7.16. The maximum Gasteiger partial charge on any atom is 0.317 e. The number of nitrogens with two attached hydrogens (primary N) is 1. The van der Waals surface area contributed by atoms with Crippen LogP contribution < -0.4 is 16.0 Å². The Morgan fingerprint density at radius 3 is 3.05 bits per heavy atom. The number of pyridine rings is 1. The van der Waals surface area contributed by atoms with Crippen LogP contribution in [0.2, 0.25) is 0 Å². The Hall–Kier alpha value is -2.50. The number of carbonyl (C=O) groups is 1. The van der Waals surface area contributed by atoms with Crippen molar-refractivity contribution in [2.24, 2.45) is 0 Å². The molecule has 0 aliphatic carbocycles. The summed E-state index contributed by atoms with van der Waals surface area (Å²) in [5, 5.41) is 3.97. The zero-order valence-corrected chi connectivity index (χ0v) is 11.6. The number of benzene rings is 1. The van der Waals surface area contributed by atoms with Crippen molar-refractivity contribution >= 4 is 28.3 Å². The number of aromatic nitrogens is 1. The van der Waals surface area contributed by atoms with Crippen LogP contribution in [0.25, 0.3) is 10.9 Å². The zero-order valence-electron chi connectivity index (χ0n) is 11.6. The maximum atomic E-state index is 11.7. The molecule has 1 atom stereocenters. The van der Waals surface area contributed by atoms with E-state index in [1.807, 2.05) is 23.1 Å². The first-order valence-electron chi connectivity index (χ1n) is 7.16. The van der Waals surface area contributed by atoms with Crippen molar-refractivity contribution in [3.05, 3.63) is 30.5 Å². The second-order valence-electron chi connectivity index (χ2n) is 5.56. The van der Waals surface area contributed by atoms with E-state index in [1.165, 1.54) is 0 Å². The molecule has 6 heteroatoms. The number of nitrogen functional groups attached to an aromatic ring is 1. The summed E-state index contributed by atoms with van der Waals surface area (Å²) >= 11 is 0. The number of piperazine rings is 1. The van der Waals surface area contributed by atoms with Gasteiger partial charge in [0.15, 0.2) is 0 Å². The van der Waals surface area contributed by atoms with Crippen molar-refractivity contribution < 1.29 is 4.79 Å². The molecule has 2 fully saturated rings. The van der Waals surface area contributed by atoms with Crippen LogP contribution in [0.5, 0.6) is 0 Å². The molecule has 0 saturated carbocycles. The fourth-order valence-corrected chi connectivity index (χ4v) is 3.30. The number of nitrogens with zero attached hydrogens (tertiary/aromatic N) is 3. The van der Waals surface area contributed by atoms with Crippen molar-refractivity contribution in [2.45, 2.75) is 6.04 Å². The highest BCUT2D eigenvalue weighted by atomic mass is 16.2. The average Bonchev–Trinajstić information content (AvgIpc) is 2.88. The van der Waals surface area contributed by atoms with Gasteiger partial charge in [0.05, 0.1) is 29.1 Å². The molecule has 1 unspecified atom stereocenters. The Morgan fingerprint density at radius 2 is 2.14 bits per heavy atom. The zero-order chi connectivity index (χ0) is 14.4. The van der Waals surface area contributed by atoms with E-state index in [1.54, 1.807) is 6.20 Å². The lowest BCUT2D eigenvalue weighted by molar-refractivity contribution is 0.198. The standard InChI is InChI=1S/C15H17N5O/c16-12-8-17-13-4-2-1-3-11(13)14(12)19-5-6-20-10(9-19)7-18-15(20)21/h1-4,8,10H,5-7,9,16H2,(H,18,21). The largest absolute Gasteiger partial charge is 0.396 e. The second kappa shape index (κ2) is 4.51. The van der Waals surface area contributed by atoms with E-state index in [-0.39, 0.29) is 12.1 Å². The lowest BCUT2D eigenvalue weighted by Crippen LogP contribution is -2.52. The van der Waals surface area contributed by atoms with Crippen LogP contribution in [0, 0.1) is 0 Å². The molecule has 108 valence electrons. The van der Waals surface area contributed by atoms with Gasteiger partial charge in [-0.25, -0.2) is 4.79 Å². The fourth-order valence-electron chi connectivity index (χ4n) is 3.30. The van der Waals surface area contributed by atoms with Gasteiger partial charge in [0.1, 0.15) is 0 Å². The van der Waals surface area contributed by atoms with Crippen molar-refractivity contribution in [3.8, 4) is 0 Å². The van der Waals surface area contributed by atoms with Crippen molar-refractivity contribution in [1.29, 1.82) is 0 Å². The summed E-state index contributed by atoms with van der Waals surface area (Å²) in [5.41, 5.74) is 8.87. The van der Waals surface area contributed by atoms with Gasteiger partial charge >= 0.3 is 6.03 Å². The molecule has 0 spiro atoms. The lowest BCUT2D eigenvalue weighted by Gasteiger charge is -2.38. The number of hydrogen-bond acceptors (Lipinski definition) is 4. The molecule has 4 rings (SSSR count). The minimum absolute atomic E-state index is 0.0483. The van der Waals surface area contributed by atoms with E-state index in [4.69, 9.17) is 5.73 Å². The lowest BCUT2D eigenvalue weighted by atomic mass is 10.1. The van der Waals surface area contributed by atoms with Crippen molar-refractivity contribution in [2.75, 3.05) is 36.8 Å². The summed E-state index contributed by atoms with van der Waals surface area (Å²) in [7, 11) is 0. The van der Waals surface area contributed by atoms with Gasteiger partial charge in [-0.15, -0.1) is 0 Å². The van der Waals surface area contributed by atoms with Gasteiger partial charge in [-0.05, 0) is 6.07 Å². The third-order valence-corrected chi connectivity index (χ3v) is 4.32. The number of fused-ring (bicyclic) bond motifs is 2. The first kappa shape index (κ1) is 12.3. The highest BCUT2D eigenvalue weighted by molar-refractivity contribution is 5.97. The summed E-state index contributed by atoms with van der Waals surface area (Å²) < 4.78 is 0. The van der Waals surface area contributed by atoms with Crippen LogP contribution in [0.4, 0.5) is 16.2 Å². The van der Waals surface area contributed by atoms with Gasteiger partial charge in [0, 0.05) is 31.6 Å². The van der Waals surface area contributed by atoms with Gasteiger partial charge in [-0.3, -0.25) is 4.98 Å². The minimum atomic E-state index is 0.0483. The van der Waals surface area contributed by atoms with Crippen LogP contribution in [0.3, 0.4) is 0 Å². The molecule has 2 amide bonds. The average molecular weight is 283 g/mol. The van der Waals surface area contributed by atoms with Gasteiger partial charge in [0.25, 0.3) is 0 Å². The van der Waals surface area contributed by atoms with Crippen LogP contribution >= 0.6 is 0 Å². The molecule has 6 nitrogen and oxygen atoms in total. The molecular formula is C15H17N5O. The SMILES string of the molecule is Nc1cnc2ccccc2c1N1CCN2C(=O)NCC2C1. The number of urea groups is 1. The summed E-state index contributed by atoms with van der Waals surface area (Å²) in [6.45, 7) is 3.03. The summed E-state index contributed by atoms with van der Waals surface area (Å²) in [5.74, 6) is 0. The third kappa shape index (κ3) is 1.86. The van der Waals surface area contributed by atoms with E-state index in [2.05, 4.69) is 21.3 Å². The third-order valence-electron chi connectivity index (χ3n) is 4.32. The van der Waals surface area contributed by atoms with E-state index in [9.17, 15) is 4.79 Å². The number of para-hydroxylation sites is 1. The topological polar surface area (TPSA) is 74.5 Å². The molecule has 0 radical (unpaired) electrons. The maximum absolute atomic E-state index is 11.7. The Balaban J connectivity index is 1.74. The summed E-state index contributed by atoms with van der Waals surface area (Å²) in [6, 6.07) is 8.30. The Labute approximate surface area is 122 Å². The Kier molecular flexibility index (Phi) is 2.63. The Morgan fingerprint density at radius 1 is 1.29 bits per heavy atom. The molecule has 2 aliphatic heterocycles. The van der Waals surface area contributed by atoms with Gasteiger partial charge in [-0.2, -0.15) is 0 Å². The highest BCUT2D eigenvalue weighted by Crippen LogP contribution is 2.33. The predicted octanol–water partition coefficient (Wildman–Crippen LogP) is 1.03. The molecule has 2 aromatic rings. The second-order valence-corrected chi connectivity index (χ2v) is 5.56. The number of nitrogens with one attached hydrogen (secondary N) is 1. The van der Waals surface area contributed by atoms with E-state index >= 15 is 0 Å². The molecule has 21 heavy (non-hydrogen) atoms. The van der Waals surface area contributed by atoms with Crippen LogP contribution in [0.15, 0.2) is 30.5 Å². The molecule has 0 bridgehead atoms. The molecular weight excluding hydrogens is 266 g/mol. The highest BCUT2D eigenvalue weighted by Gasteiger charge is 2.36. The summed E-state index contributed by atoms with van der Waals surface area (Å²) in [4.78, 5) is 20.3. The van der Waals surface area contributed by atoms with Gasteiger partial charge < -0.3 is 20.9 Å². The normalized spacial score (nSPS) is 21.5. The fraction of sp³-hybridized carbons (Fsp3) is 0.333. The van der Waals surface area contributed by atoms with E-state index < -0.39 is 0 Å². The van der Waals surface area contributed by atoms with Crippen LogP contribution in [0.1, 0.15) is 0 Å². The molecule has 2 saturated heterocycles. The van der Waals surface area contributed by atoms with Crippen molar-refractivity contribution in [3.63, 3.8) is 0 Å². The number of anilines is 2. The quantitative estimate of drug-likeness (QED) is 0.820.